The van der Waals surface area contributed by atoms with Gasteiger partial charge in [0.15, 0.2) is 4.96 Å². The van der Waals surface area contributed by atoms with Crippen molar-refractivity contribution in [1.82, 2.24) is 14.3 Å². The Morgan fingerprint density at radius 2 is 2.15 bits per heavy atom. The van der Waals surface area contributed by atoms with Gasteiger partial charge in [0, 0.05) is 31.4 Å². The summed E-state index contributed by atoms with van der Waals surface area (Å²) in [5.74, 6) is 0.503. The molecule has 3 aromatic rings. The Labute approximate surface area is 154 Å². The molecule has 1 aliphatic carbocycles. The minimum absolute atomic E-state index is 0.00201. The van der Waals surface area contributed by atoms with E-state index in [0.29, 0.717) is 26.8 Å². The topological polar surface area (TPSA) is 80.8 Å². The Hall–Kier alpha value is -2.48. The summed E-state index contributed by atoms with van der Waals surface area (Å²) in [6.45, 7) is 2.21. The molecule has 0 aliphatic heterocycles. The van der Waals surface area contributed by atoms with E-state index in [1.807, 2.05) is 11.9 Å². The number of nitro groups is 1. The quantitative estimate of drug-likeness (QED) is 0.512. The number of hydrogen-bond acceptors (Lipinski definition) is 5. The zero-order chi connectivity index (χ0) is 18.4. The normalized spacial score (nSPS) is 20.5. The summed E-state index contributed by atoms with van der Waals surface area (Å²) in [4.78, 5) is 31.2. The van der Waals surface area contributed by atoms with Crippen LogP contribution in [0.1, 0.15) is 42.3 Å². The highest BCUT2D eigenvalue weighted by Crippen LogP contribution is 2.31. The van der Waals surface area contributed by atoms with Gasteiger partial charge in [0.1, 0.15) is 4.88 Å². The zero-order valence-electron chi connectivity index (χ0n) is 14.7. The highest BCUT2D eigenvalue weighted by molar-refractivity contribution is 7.18. The van der Waals surface area contributed by atoms with Gasteiger partial charge >= 0.3 is 0 Å². The number of imidazole rings is 1. The number of rotatable bonds is 3. The van der Waals surface area contributed by atoms with Gasteiger partial charge in [0.2, 0.25) is 0 Å². The van der Waals surface area contributed by atoms with Gasteiger partial charge in [-0.3, -0.25) is 19.3 Å². The number of benzene rings is 1. The smallest absolute Gasteiger partial charge is 0.271 e. The maximum Gasteiger partial charge on any atom is 0.271 e. The van der Waals surface area contributed by atoms with Gasteiger partial charge in [0.05, 0.1) is 16.0 Å². The largest absolute Gasteiger partial charge is 0.338 e. The predicted octanol–water partition coefficient (Wildman–Crippen LogP) is 4.11. The molecule has 0 unspecified atom stereocenters. The van der Waals surface area contributed by atoms with Gasteiger partial charge in [-0.25, -0.2) is 4.98 Å². The molecular formula is C18H20N4O3S. The van der Waals surface area contributed by atoms with E-state index < -0.39 is 4.92 Å². The average Bonchev–Trinajstić information content (AvgIpc) is 3.18. The molecule has 0 spiro atoms. The molecule has 0 N–H and O–H groups in total. The monoisotopic (exact) mass is 372 g/mol. The number of amides is 1. The highest BCUT2D eigenvalue weighted by Gasteiger charge is 2.29. The molecule has 1 fully saturated rings. The minimum Gasteiger partial charge on any atom is -0.338 e. The maximum atomic E-state index is 13.0. The van der Waals surface area contributed by atoms with Crippen molar-refractivity contribution in [2.45, 2.75) is 38.6 Å². The fraction of sp³-hybridized carbons (Fsp3) is 0.444. The Morgan fingerprint density at radius 1 is 1.38 bits per heavy atom. The number of carbonyl (C=O) groups is 1. The minimum atomic E-state index is -0.421. The van der Waals surface area contributed by atoms with E-state index in [9.17, 15) is 14.9 Å². The molecule has 1 aromatic carbocycles. The Kier molecular flexibility index (Phi) is 4.14. The van der Waals surface area contributed by atoms with Crippen LogP contribution in [-0.2, 0) is 0 Å². The van der Waals surface area contributed by atoms with Crippen molar-refractivity contribution in [3.05, 3.63) is 39.4 Å². The molecule has 8 heteroatoms. The second-order valence-corrected chi connectivity index (χ2v) is 8.04. The second-order valence-electron chi connectivity index (χ2n) is 7.04. The molecular weight excluding hydrogens is 352 g/mol. The number of thiazole rings is 1. The van der Waals surface area contributed by atoms with Gasteiger partial charge in [0.25, 0.3) is 11.6 Å². The summed E-state index contributed by atoms with van der Waals surface area (Å²) >= 11 is 1.33. The molecule has 2 heterocycles. The van der Waals surface area contributed by atoms with Crippen LogP contribution in [0.5, 0.6) is 0 Å². The Bertz CT molecular complexity index is 1010. The van der Waals surface area contributed by atoms with Gasteiger partial charge in [-0.1, -0.05) is 31.1 Å². The van der Waals surface area contributed by atoms with Crippen molar-refractivity contribution in [2.75, 3.05) is 7.05 Å². The van der Waals surface area contributed by atoms with Crippen LogP contribution in [0, 0.1) is 16.0 Å². The van der Waals surface area contributed by atoms with E-state index in [4.69, 9.17) is 0 Å². The van der Waals surface area contributed by atoms with Crippen molar-refractivity contribution in [2.24, 2.45) is 5.92 Å². The van der Waals surface area contributed by atoms with Crippen LogP contribution in [-0.4, -0.2) is 38.2 Å². The first-order valence-electron chi connectivity index (χ1n) is 8.79. The van der Waals surface area contributed by atoms with Crippen LogP contribution in [0.3, 0.4) is 0 Å². The van der Waals surface area contributed by atoms with Crippen molar-refractivity contribution < 1.29 is 9.72 Å². The lowest BCUT2D eigenvalue weighted by molar-refractivity contribution is -0.384. The maximum absolute atomic E-state index is 13.0. The fourth-order valence-electron chi connectivity index (χ4n) is 3.91. The number of carbonyl (C=O) groups excluding carboxylic acids is 1. The molecule has 0 saturated heterocycles. The van der Waals surface area contributed by atoms with Crippen LogP contribution < -0.4 is 0 Å². The number of non-ortho nitro benzene ring substituents is 1. The molecule has 1 saturated carbocycles. The van der Waals surface area contributed by atoms with Crippen LogP contribution in [0.2, 0.25) is 0 Å². The van der Waals surface area contributed by atoms with E-state index in [-0.39, 0.29) is 17.6 Å². The van der Waals surface area contributed by atoms with Crippen LogP contribution in [0.25, 0.3) is 16.0 Å². The van der Waals surface area contributed by atoms with Gasteiger partial charge in [-0.15, -0.1) is 0 Å². The zero-order valence-corrected chi connectivity index (χ0v) is 15.5. The summed E-state index contributed by atoms with van der Waals surface area (Å²) in [6.07, 6.45) is 6.35. The lowest BCUT2D eigenvalue weighted by Crippen LogP contribution is -2.42. The number of aromatic nitrogens is 2. The molecule has 1 amide bonds. The van der Waals surface area contributed by atoms with Crippen molar-refractivity contribution >= 4 is 38.9 Å². The number of hydrogen-bond donors (Lipinski definition) is 0. The molecule has 26 heavy (non-hydrogen) atoms. The summed E-state index contributed by atoms with van der Waals surface area (Å²) in [7, 11) is 1.88. The average molecular weight is 372 g/mol. The molecule has 2 aromatic heterocycles. The number of nitro benzene ring substituents is 1. The molecule has 2 atom stereocenters. The SMILES string of the molecule is C[C@H]1CCCC[C@H]1N(C)C(=O)c1cn2c(nc3ccc([N+](=O)[O-])cc32)s1. The lowest BCUT2D eigenvalue weighted by Gasteiger charge is -2.36. The highest BCUT2D eigenvalue weighted by atomic mass is 32.1. The molecule has 1 aliphatic rings. The fourth-order valence-corrected chi connectivity index (χ4v) is 4.89. The molecule has 4 rings (SSSR count). The number of fused-ring (bicyclic) bond motifs is 3. The van der Waals surface area contributed by atoms with E-state index in [2.05, 4.69) is 11.9 Å². The first-order valence-corrected chi connectivity index (χ1v) is 9.60. The van der Waals surface area contributed by atoms with E-state index in [1.165, 1.54) is 29.9 Å². The van der Waals surface area contributed by atoms with Crippen LogP contribution >= 0.6 is 11.3 Å². The Morgan fingerprint density at radius 3 is 2.88 bits per heavy atom. The summed E-state index contributed by atoms with van der Waals surface area (Å²) in [5, 5.41) is 11.0. The van der Waals surface area contributed by atoms with Crippen LogP contribution in [0.4, 0.5) is 5.69 Å². The van der Waals surface area contributed by atoms with E-state index >= 15 is 0 Å². The third kappa shape index (κ3) is 2.74. The van der Waals surface area contributed by atoms with E-state index in [1.54, 1.807) is 16.7 Å². The summed E-state index contributed by atoms with van der Waals surface area (Å²) in [5.41, 5.74) is 1.36. The first kappa shape index (κ1) is 17.0. The lowest BCUT2D eigenvalue weighted by atomic mass is 9.85. The summed E-state index contributed by atoms with van der Waals surface area (Å²) < 4.78 is 1.78. The molecule has 7 nitrogen and oxygen atoms in total. The molecule has 136 valence electrons. The summed E-state index contributed by atoms with van der Waals surface area (Å²) in [6, 6.07) is 4.86. The Balaban J connectivity index is 1.69. The van der Waals surface area contributed by atoms with Gasteiger partial charge in [-0.05, 0) is 24.8 Å². The van der Waals surface area contributed by atoms with E-state index in [0.717, 1.165) is 19.3 Å². The first-order chi connectivity index (χ1) is 12.5. The number of nitrogens with zero attached hydrogens (tertiary/aromatic N) is 4. The van der Waals surface area contributed by atoms with Crippen molar-refractivity contribution in [3.63, 3.8) is 0 Å². The third-order valence-corrected chi connectivity index (χ3v) is 6.36. The van der Waals surface area contributed by atoms with Gasteiger partial charge < -0.3 is 4.90 Å². The molecule has 0 bridgehead atoms. The van der Waals surface area contributed by atoms with Crippen LogP contribution in [0.15, 0.2) is 24.4 Å². The van der Waals surface area contributed by atoms with Gasteiger partial charge in [-0.2, -0.15) is 0 Å². The van der Waals surface area contributed by atoms with Crippen molar-refractivity contribution in [1.29, 1.82) is 0 Å². The third-order valence-electron chi connectivity index (χ3n) is 5.39. The van der Waals surface area contributed by atoms with Crippen molar-refractivity contribution in [3.8, 4) is 0 Å². The molecule has 0 radical (unpaired) electrons. The second kappa shape index (κ2) is 6.35. The standard InChI is InChI=1S/C18H20N4O3S/c1-11-5-3-4-6-14(11)20(2)17(23)16-10-21-15-9-12(22(24)25)7-8-13(15)19-18(21)26-16/h7-11,14H,3-6H2,1-2H3/t11-,14+/m0/s1. The predicted molar refractivity (Wildman–Crippen MR) is 101 cm³/mol.